The summed E-state index contributed by atoms with van der Waals surface area (Å²) >= 11 is -2.79. The van der Waals surface area contributed by atoms with Crippen LogP contribution in [0, 0.1) is 5.92 Å². The van der Waals surface area contributed by atoms with E-state index in [4.69, 9.17) is 0 Å². The molecular formula is C42H46Zr. The summed E-state index contributed by atoms with van der Waals surface area (Å²) in [6, 6.07) is 37.6. The van der Waals surface area contributed by atoms with E-state index < -0.39 is 21.3 Å². The fourth-order valence-electron chi connectivity index (χ4n) is 6.99. The first kappa shape index (κ1) is 30.2. The summed E-state index contributed by atoms with van der Waals surface area (Å²) in [6.07, 6.45) is 6.00. The third-order valence-corrected chi connectivity index (χ3v) is 17.8. The predicted octanol–water partition coefficient (Wildman–Crippen LogP) is 11.1. The molecular weight excluding hydrogens is 596 g/mol. The van der Waals surface area contributed by atoms with Gasteiger partial charge in [-0.1, -0.05) is 0 Å². The van der Waals surface area contributed by atoms with Gasteiger partial charge in [-0.3, -0.25) is 0 Å². The van der Waals surface area contributed by atoms with E-state index in [9.17, 15) is 0 Å². The van der Waals surface area contributed by atoms with Gasteiger partial charge in [0.2, 0.25) is 0 Å². The summed E-state index contributed by atoms with van der Waals surface area (Å²) < 4.78 is 3.81. The Labute approximate surface area is 267 Å². The average molecular weight is 642 g/mol. The Hall–Kier alpha value is -2.89. The van der Waals surface area contributed by atoms with Gasteiger partial charge in [-0.2, -0.15) is 0 Å². The zero-order valence-corrected chi connectivity index (χ0v) is 29.7. The van der Waals surface area contributed by atoms with Crippen LogP contribution in [0.1, 0.15) is 98.8 Å². The van der Waals surface area contributed by atoms with E-state index >= 15 is 0 Å². The zero-order valence-electron chi connectivity index (χ0n) is 27.3. The van der Waals surface area contributed by atoms with Crippen molar-refractivity contribution in [2.75, 3.05) is 0 Å². The Morgan fingerprint density at radius 3 is 1.53 bits per heavy atom. The van der Waals surface area contributed by atoms with Crippen molar-refractivity contribution in [2.24, 2.45) is 5.92 Å². The summed E-state index contributed by atoms with van der Waals surface area (Å²) in [6.45, 7) is 18.9. The van der Waals surface area contributed by atoms with E-state index in [0.717, 1.165) is 6.42 Å². The van der Waals surface area contributed by atoms with Crippen molar-refractivity contribution in [3.8, 4) is 11.1 Å². The van der Waals surface area contributed by atoms with Crippen LogP contribution >= 0.6 is 0 Å². The normalized spacial score (nSPS) is 14.8. The summed E-state index contributed by atoms with van der Waals surface area (Å²) in [5.74, 6) is 0.513. The number of benzene rings is 4. The van der Waals surface area contributed by atoms with Gasteiger partial charge < -0.3 is 0 Å². The summed E-state index contributed by atoms with van der Waals surface area (Å²) in [4.78, 5) is 0. The van der Waals surface area contributed by atoms with Gasteiger partial charge in [0.05, 0.1) is 0 Å². The molecule has 1 heteroatoms. The molecule has 0 radical (unpaired) electrons. The van der Waals surface area contributed by atoms with Crippen molar-refractivity contribution < 1.29 is 21.3 Å². The molecule has 0 aromatic heterocycles. The quantitative estimate of drug-likeness (QED) is 0.203. The molecule has 0 N–H and O–H groups in total. The van der Waals surface area contributed by atoms with Gasteiger partial charge in [-0.05, 0) is 0 Å². The molecule has 0 atom stereocenters. The summed E-state index contributed by atoms with van der Waals surface area (Å²) in [5, 5.41) is 0. The molecule has 0 heterocycles. The molecule has 0 saturated carbocycles. The van der Waals surface area contributed by atoms with Gasteiger partial charge >= 0.3 is 269 Å². The molecule has 218 valence electrons. The molecule has 0 amide bonds. The fraction of sp³-hybridized carbons (Fsp3) is 0.310. The molecule has 4 aromatic rings. The summed E-state index contributed by atoms with van der Waals surface area (Å²) in [7, 11) is 0. The SMILES string of the molecule is CC(C)C1=[C]([Zr](=[C](c2ccccc2)c2ccccc2)[CH]2c3cc(C(C)(C)C)ccc3-c3ccc(C(C)(C)C)cc32)CC=C1. The van der Waals surface area contributed by atoms with Crippen LogP contribution in [-0.4, -0.2) is 3.21 Å². The number of hydrogen-bond acceptors (Lipinski definition) is 0. The maximum absolute atomic E-state index is 2.79. The van der Waals surface area contributed by atoms with Gasteiger partial charge in [0.1, 0.15) is 0 Å². The standard InChI is InChI=1S/C21H25.C13H10.C8H11.Zr/c1-20(2,3)16-7-9-18-14(12-16)11-15-13-17(21(4,5)6)8-10-19(15)18;1-3-7-12(8-4-1)11-13-9-5-2-6-10-13;1-7(2)8-5-3-4-6-8;/h7-13H,1-6H3;1-10H;3,5,7H,4H2,1-2H3;. The second-order valence-electron chi connectivity index (χ2n) is 14.8. The second kappa shape index (κ2) is 11.6. The van der Waals surface area contributed by atoms with E-state index in [1.165, 1.54) is 33.4 Å². The fourth-order valence-corrected chi connectivity index (χ4v) is 16.9. The van der Waals surface area contributed by atoms with Crippen LogP contribution in [0.2, 0.25) is 0 Å². The van der Waals surface area contributed by atoms with Gasteiger partial charge in [0.15, 0.2) is 0 Å². The Bertz CT molecular complexity index is 1640. The Morgan fingerprint density at radius 1 is 0.651 bits per heavy atom. The van der Waals surface area contributed by atoms with E-state index in [1.54, 1.807) is 23.2 Å². The molecule has 0 unspecified atom stereocenters. The molecule has 0 aliphatic heterocycles. The Kier molecular flexibility index (Phi) is 8.10. The zero-order chi connectivity index (χ0) is 30.5. The molecule has 0 saturated heterocycles. The number of fused-ring (bicyclic) bond motifs is 3. The molecule has 0 spiro atoms. The van der Waals surface area contributed by atoms with E-state index in [-0.39, 0.29) is 10.8 Å². The molecule has 0 nitrogen and oxygen atoms in total. The maximum atomic E-state index is 2.60. The number of allylic oxidation sites excluding steroid dienone is 4. The molecule has 0 fully saturated rings. The average Bonchev–Trinajstić information content (AvgIpc) is 3.59. The van der Waals surface area contributed by atoms with E-state index in [2.05, 4.69) is 165 Å². The summed E-state index contributed by atoms with van der Waals surface area (Å²) in [5.41, 5.74) is 13.5. The molecule has 2 aliphatic carbocycles. The van der Waals surface area contributed by atoms with Crippen molar-refractivity contribution in [2.45, 2.75) is 76.3 Å². The Balaban J connectivity index is 1.79. The molecule has 4 aromatic carbocycles. The third kappa shape index (κ3) is 5.71. The number of hydrogen-bond donors (Lipinski definition) is 0. The van der Waals surface area contributed by atoms with Crippen molar-refractivity contribution in [3.63, 3.8) is 0 Å². The molecule has 43 heavy (non-hydrogen) atoms. The van der Waals surface area contributed by atoms with Crippen LogP contribution < -0.4 is 0 Å². The van der Waals surface area contributed by atoms with Crippen LogP contribution in [0.15, 0.2) is 118 Å². The minimum absolute atomic E-state index is 0.0944. The van der Waals surface area contributed by atoms with Crippen LogP contribution in [0.25, 0.3) is 11.1 Å². The van der Waals surface area contributed by atoms with Crippen LogP contribution in [0.5, 0.6) is 0 Å². The van der Waals surface area contributed by atoms with Crippen LogP contribution in [0.3, 0.4) is 0 Å². The molecule has 6 rings (SSSR count). The van der Waals surface area contributed by atoms with Gasteiger partial charge in [0, 0.05) is 0 Å². The van der Waals surface area contributed by atoms with Gasteiger partial charge in [-0.25, -0.2) is 0 Å². The number of rotatable bonds is 5. The van der Waals surface area contributed by atoms with Gasteiger partial charge in [-0.15, -0.1) is 0 Å². The van der Waals surface area contributed by atoms with Gasteiger partial charge in [0.25, 0.3) is 0 Å². The Morgan fingerprint density at radius 2 is 1.12 bits per heavy atom. The topological polar surface area (TPSA) is 0 Å². The van der Waals surface area contributed by atoms with Crippen molar-refractivity contribution >= 4 is 3.21 Å². The third-order valence-electron chi connectivity index (χ3n) is 9.35. The molecule has 0 bridgehead atoms. The second-order valence-corrected chi connectivity index (χ2v) is 20.9. The van der Waals surface area contributed by atoms with E-state index in [1.807, 2.05) is 0 Å². The first-order chi connectivity index (χ1) is 20.4. The minimum atomic E-state index is -2.79. The van der Waals surface area contributed by atoms with Crippen LogP contribution in [-0.2, 0) is 32.1 Å². The van der Waals surface area contributed by atoms with Crippen molar-refractivity contribution in [3.05, 3.63) is 151 Å². The molecule has 2 aliphatic rings. The monoisotopic (exact) mass is 640 g/mol. The van der Waals surface area contributed by atoms with Crippen LogP contribution in [0.4, 0.5) is 0 Å². The van der Waals surface area contributed by atoms with E-state index in [0.29, 0.717) is 9.54 Å². The first-order valence-electron chi connectivity index (χ1n) is 16.0. The predicted molar refractivity (Wildman–Crippen MR) is 183 cm³/mol. The first-order valence-corrected chi connectivity index (χ1v) is 19.9. The van der Waals surface area contributed by atoms with Crippen molar-refractivity contribution in [1.82, 2.24) is 0 Å². The van der Waals surface area contributed by atoms with Crippen molar-refractivity contribution in [1.29, 1.82) is 0 Å².